The zero-order chi connectivity index (χ0) is 15.7. The van der Waals surface area contributed by atoms with Gasteiger partial charge in [0.2, 0.25) is 6.79 Å². The Hall–Kier alpha value is -1.46. The maximum atomic E-state index is 5.51. The van der Waals surface area contributed by atoms with Gasteiger partial charge in [0.1, 0.15) is 5.75 Å². The summed E-state index contributed by atoms with van der Waals surface area (Å²) in [5.74, 6) is 2.45. The minimum atomic E-state index is 0.294. The van der Waals surface area contributed by atoms with Gasteiger partial charge in [-0.2, -0.15) is 0 Å². The Morgan fingerprint density at radius 1 is 1.32 bits per heavy atom. The van der Waals surface area contributed by atoms with E-state index in [1.807, 2.05) is 12.1 Å². The Morgan fingerprint density at radius 3 is 2.68 bits per heavy atom. The van der Waals surface area contributed by atoms with Crippen molar-refractivity contribution in [3.63, 3.8) is 0 Å². The SMILES string of the molecule is COc1cc2c(cc1CN(C)CC1(C)CCN(C)C1)OCO2. The highest BCUT2D eigenvalue weighted by Crippen LogP contribution is 2.39. The largest absolute Gasteiger partial charge is 0.496 e. The Balaban J connectivity index is 1.70. The fraction of sp³-hybridized carbons (Fsp3) is 0.647. The van der Waals surface area contributed by atoms with Gasteiger partial charge in [0.15, 0.2) is 11.5 Å². The molecule has 2 aliphatic rings. The van der Waals surface area contributed by atoms with Crippen LogP contribution in [0.4, 0.5) is 0 Å². The topological polar surface area (TPSA) is 34.2 Å². The van der Waals surface area contributed by atoms with E-state index in [0.717, 1.165) is 42.4 Å². The molecule has 1 atom stereocenters. The van der Waals surface area contributed by atoms with Crippen molar-refractivity contribution >= 4 is 0 Å². The second-order valence-corrected chi connectivity index (χ2v) is 6.99. The molecule has 0 amide bonds. The summed E-state index contributed by atoms with van der Waals surface area (Å²) in [6.45, 7) is 6.95. The Bertz CT molecular complexity index is 549. The summed E-state index contributed by atoms with van der Waals surface area (Å²) in [5.41, 5.74) is 1.51. The van der Waals surface area contributed by atoms with Crippen LogP contribution in [0.25, 0.3) is 0 Å². The quantitative estimate of drug-likeness (QED) is 0.833. The van der Waals surface area contributed by atoms with Crippen LogP contribution in [-0.4, -0.2) is 57.4 Å². The van der Waals surface area contributed by atoms with E-state index in [1.165, 1.54) is 13.0 Å². The first kappa shape index (κ1) is 15.4. The molecule has 22 heavy (non-hydrogen) atoms. The average molecular weight is 306 g/mol. The summed E-state index contributed by atoms with van der Waals surface area (Å²) in [5, 5.41) is 0. The lowest BCUT2D eigenvalue weighted by Crippen LogP contribution is -2.35. The number of nitrogens with zero attached hydrogens (tertiary/aromatic N) is 2. The summed E-state index contributed by atoms with van der Waals surface area (Å²) in [4.78, 5) is 4.79. The molecule has 0 N–H and O–H groups in total. The van der Waals surface area contributed by atoms with Crippen molar-refractivity contribution in [2.24, 2.45) is 5.41 Å². The molecular weight excluding hydrogens is 280 g/mol. The molecule has 3 rings (SSSR count). The lowest BCUT2D eigenvalue weighted by atomic mass is 9.89. The molecule has 1 aromatic carbocycles. The van der Waals surface area contributed by atoms with E-state index < -0.39 is 0 Å². The van der Waals surface area contributed by atoms with Crippen molar-refractivity contribution in [3.05, 3.63) is 17.7 Å². The van der Waals surface area contributed by atoms with Gasteiger partial charge in [-0.1, -0.05) is 6.92 Å². The van der Waals surface area contributed by atoms with Gasteiger partial charge >= 0.3 is 0 Å². The highest BCUT2D eigenvalue weighted by molar-refractivity contribution is 5.51. The molecule has 5 heteroatoms. The first-order valence-electron chi connectivity index (χ1n) is 7.83. The summed E-state index contributed by atoms with van der Waals surface area (Å²) in [6, 6.07) is 3.97. The molecule has 5 nitrogen and oxygen atoms in total. The Kier molecular flexibility index (Phi) is 4.19. The third kappa shape index (κ3) is 3.15. The predicted molar refractivity (Wildman–Crippen MR) is 85.7 cm³/mol. The van der Waals surface area contributed by atoms with Crippen molar-refractivity contribution in [2.75, 3.05) is 47.6 Å². The zero-order valence-corrected chi connectivity index (χ0v) is 14.0. The lowest BCUT2D eigenvalue weighted by Gasteiger charge is -2.30. The molecule has 0 aromatic heterocycles. The Labute approximate surface area is 132 Å². The van der Waals surface area contributed by atoms with Crippen molar-refractivity contribution in [3.8, 4) is 17.2 Å². The summed E-state index contributed by atoms with van der Waals surface area (Å²) >= 11 is 0. The molecule has 1 saturated heterocycles. The lowest BCUT2D eigenvalue weighted by molar-refractivity contribution is 0.173. The monoisotopic (exact) mass is 306 g/mol. The molecule has 0 saturated carbocycles. The third-order valence-corrected chi connectivity index (χ3v) is 4.62. The molecule has 1 fully saturated rings. The van der Waals surface area contributed by atoms with E-state index in [9.17, 15) is 0 Å². The molecule has 1 aromatic rings. The predicted octanol–water partition coefficient (Wildman–Crippen LogP) is 2.20. The molecule has 0 radical (unpaired) electrons. The number of methoxy groups -OCH3 is 1. The van der Waals surface area contributed by atoms with Crippen LogP contribution in [0.5, 0.6) is 17.2 Å². The zero-order valence-electron chi connectivity index (χ0n) is 14.0. The highest BCUT2D eigenvalue weighted by atomic mass is 16.7. The number of hydrogen-bond donors (Lipinski definition) is 0. The first-order valence-corrected chi connectivity index (χ1v) is 7.83. The second-order valence-electron chi connectivity index (χ2n) is 6.99. The molecule has 0 bridgehead atoms. The fourth-order valence-electron chi connectivity index (χ4n) is 3.68. The van der Waals surface area contributed by atoms with Gasteiger partial charge in [-0.3, -0.25) is 0 Å². The van der Waals surface area contributed by atoms with Gasteiger partial charge < -0.3 is 24.0 Å². The van der Waals surface area contributed by atoms with Gasteiger partial charge in [0.05, 0.1) is 7.11 Å². The fourth-order valence-corrected chi connectivity index (χ4v) is 3.68. The van der Waals surface area contributed by atoms with Crippen LogP contribution >= 0.6 is 0 Å². The number of fused-ring (bicyclic) bond motifs is 1. The number of likely N-dealkylation sites (tertiary alicyclic amines) is 1. The van der Waals surface area contributed by atoms with Crippen molar-refractivity contribution in [1.82, 2.24) is 9.80 Å². The molecule has 2 heterocycles. The number of benzene rings is 1. The van der Waals surface area contributed by atoms with E-state index in [-0.39, 0.29) is 0 Å². The number of hydrogen-bond acceptors (Lipinski definition) is 5. The molecule has 2 aliphatic heterocycles. The van der Waals surface area contributed by atoms with Gasteiger partial charge in [-0.15, -0.1) is 0 Å². The van der Waals surface area contributed by atoms with Crippen molar-refractivity contribution < 1.29 is 14.2 Å². The van der Waals surface area contributed by atoms with Gasteiger partial charge in [0, 0.05) is 31.3 Å². The van der Waals surface area contributed by atoms with Crippen LogP contribution in [-0.2, 0) is 6.54 Å². The van der Waals surface area contributed by atoms with Crippen molar-refractivity contribution in [1.29, 1.82) is 0 Å². The number of ether oxygens (including phenoxy) is 3. The van der Waals surface area contributed by atoms with Crippen molar-refractivity contribution in [2.45, 2.75) is 19.9 Å². The maximum Gasteiger partial charge on any atom is 0.231 e. The average Bonchev–Trinajstić information content (AvgIpc) is 3.03. The highest BCUT2D eigenvalue weighted by Gasteiger charge is 2.33. The third-order valence-electron chi connectivity index (χ3n) is 4.62. The van der Waals surface area contributed by atoms with E-state index in [4.69, 9.17) is 14.2 Å². The van der Waals surface area contributed by atoms with Gasteiger partial charge in [-0.25, -0.2) is 0 Å². The second kappa shape index (κ2) is 5.97. The Morgan fingerprint density at radius 2 is 2.05 bits per heavy atom. The van der Waals surface area contributed by atoms with Crippen LogP contribution < -0.4 is 14.2 Å². The van der Waals surface area contributed by atoms with Crippen LogP contribution in [0.2, 0.25) is 0 Å². The summed E-state index contributed by atoms with van der Waals surface area (Å²) in [6.07, 6.45) is 1.26. The van der Waals surface area contributed by atoms with Crippen LogP contribution in [0, 0.1) is 5.41 Å². The molecule has 1 unspecified atom stereocenters. The maximum absolute atomic E-state index is 5.51. The smallest absolute Gasteiger partial charge is 0.231 e. The normalized spacial score (nSPS) is 24.2. The van der Waals surface area contributed by atoms with Gasteiger partial charge in [0.25, 0.3) is 0 Å². The minimum absolute atomic E-state index is 0.294. The number of rotatable bonds is 5. The molecule has 0 aliphatic carbocycles. The van der Waals surface area contributed by atoms with Crippen LogP contribution in [0.15, 0.2) is 12.1 Å². The van der Waals surface area contributed by atoms with E-state index in [0.29, 0.717) is 12.2 Å². The first-order chi connectivity index (χ1) is 10.5. The summed E-state index contributed by atoms with van der Waals surface area (Å²) in [7, 11) is 6.08. The van der Waals surface area contributed by atoms with E-state index >= 15 is 0 Å². The minimum Gasteiger partial charge on any atom is -0.496 e. The summed E-state index contributed by atoms with van der Waals surface area (Å²) < 4.78 is 16.4. The van der Waals surface area contributed by atoms with Gasteiger partial charge in [-0.05, 0) is 38.5 Å². The molecular formula is C17H26N2O3. The van der Waals surface area contributed by atoms with E-state index in [2.05, 4.69) is 30.8 Å². The standard InChI is InChI=1S/C17H26N2O3/c1-17(5-6-18(2)10-17)11-19(3)9-13-7-15-16(22-12-21-15)8-14(13)20-4/h7-8H,5-6,9-12H2,1-4H3. The van der Waals surface area contributed by atoms with E-state index in [1.54, 1.807) is 7.11 Å². The molecule has 0 spiro atoms. The van der Waals surface area contributed by atoms with Crippen LogP contribution in [0.3, 0.4) is 0 Å². The van der Waals surface area contributed by atoms with Crippen LogP contribution in [0.1, 0.15) is 18.9 Å². The molecule has 122 valence electrons.